The molecule has 1 aromatic heterocycles. The van der Waals surface area contributed by atoms with E-state index in [0.29, 0.717) is 13.0 Å². The van der Waals surface area contributed by atoms with E-state index >= 15 is 0 Å². The van der Waals surface area contributed by atoms with Crippen LogP contribution in [0.5, 0.6) is 5.75 Å². The van der Waals surface area contributed by atoms with Gasteiger partial charge < -0.3 is 10.1 Å². The largest absolute Gasteiger partial charge is 0.480 e. The number of aryl methyl sites for hydroxylation is 2. The molecule has 2 heterocycles. The monoisotopic (exact) mass is 328 g/mol. The average Bonchev–Trinajstić information content (AvgIpc) is 3.18. The lowest BCUT2D eigenvalue weighted by Gasteiger charge is -2.10. The van der Waals surface area contributed by atoms with Crippen LogP contribution in [-0.2, 0) is 30.5 Å². The standard InChI is InChI=1S/C18H20N2O2S/c21-18(15-11-12-5-1-3-7-14(12)22-15)19-10-9-17-20-13-6-2-4-8-16(13)23-17/h1,3,5,7,15H,2,4,6,8-11H2,(H,19,21)/t15-/m1/s1. The van der Waals surface area contributed by atoms with Crippen molar-refractivity contribution in [1.29, 1.82) is 0 Å². The highest BCUT2D eigenvalue weighted by Crippen LogP contribution is 2.28. The number of ether oxygens (including phenoxy) is 1. The zero-order valence-electron chi connectivity index (χ0n) is 13.0. The first kappa shape index (κ1) is 14.7. The molecule has 2 aliphatic rings. The first-order valence-electron chi connectivity index (χ1n) is 8.29. The van der Waals surface area contributed by atoms with Crippen molar-refractivity contribution < 1.29 is 9.53 Å². The third kappa shape index (κ3) is 3.11. The molecule has 1 N–H and O–H groups in total. The summed E-state index contributed by atoms with van der Waals surface area (Å²) in [5, 5.41) is 4.14. The topological polar surface area (TPSA) is 51.2 Å². The second-order valence-electron chi connectivity index (χ2n) is 6.14. The lowest BCUT2D eigenvalue weighted by Crippen LogP contribution is -2.38. The number of fused-ring (bicyclic) bond motifs is 2. The van der Waals surface area contributed by atoms with Crippen molar-refractivity contribution >= 4 is 17.2 Å². The van der Waals surface area contributed by atoms with Gasteiger partial charge in [0.25, 0.3) is 5.91 Å². The molecule has 1 aromatic carbocycles. The summed E-state index contributed by atoms with van der Waals surface area (Å²) in [7, 11) is 0. The minimum Gasteiger partial charge on any atom is -0.480 e. The number of carbonyl (C=O) groups excluding carboxylic acids is 1. The number of benzene rings is 1. The van der Waals surface area contributed by atoms with Crippen LogP contribution in [-0.4, -0.2) is 23.5 Å². The molecule has 0 bridgehead atoms. The molecule has 0 spiro atoms. The van der Waals surface area contributed by atoms with E-state index in [9.17, 15) is 4.79 Å². The minimum absolute atomic E-state index is 0.0254. The van der Waals surface area contributed by atoms with Crippen LogP contribution in [0, 0.1) is 0 Å². The molecule has 1 amide bonds. The molecule has 5 heteroatoms. The number of amides is 1. The number of thiazole rings is 1. The van der Waals surface area contributed by atoms with Crippen LogP contribution >= 0.6 is 11.3 Å². The van der Waals surface area contributed by atoms with Gasteiger partial charge in [0.1, 0.15) is 5.75 Å². The quantitative estimate of drug-likeness (QED) is 0.939. The number of para-hydroxylation sites is 1. The highest BCUT2D eigenvalue weighted by atomic mass is 32.1. The van der Waals surface area contributed by atoms with Gasteiger partial charge in [-0.25, -0.2) is 4.98 Å². The normalized spacial score (nSPS) is 18.9. The molecular weight excluding hydrogens is 308 g/mol. The fraction of sp³-hybridized carbons (Fsp3) is 0.444. The molecule has 0 saturated carbocycles. The maximum atomic E-state index is 12.2. The zero-order valence-corrected chi connectivity index (χ0v) is 13.8. The predicted octanol–water partition coefficient (Wildman–Crippen LogP) is 2.68. The Morgan fingerprint density at radius 3 is 3.04 bits per heavy atom. The number of rotatable bonds is 4. The minimum atomic E-state index is -0.392. The molecule has 0 radical (unpaired) electrons. The Balaban J connectivity index is 1.28. The van der Waals surface area contributed by atoms with Crippen molar-refractivity contribution in [3.63, 3.8) is 0 Å². The van der Waals surface area contributed by atoms with Gasteiger partial charge in [-0.1, -0.05) is 18.2 Å². The predicted molar refractivity (Wildman–Crippen MR) is 90.0 cm³/mol. The Hall–Kier alpha value is -1.88. The summed E-state index contributed by atoms with van der Waals surface area (Å²) in [5.74, 6) is 0.808. The Labute approximate surface area is 139 Å². The van der Waals surface area contributed by atoms with Gasteiger partial charge >= 0.3 is 0 Å². The summed E-state index contributed by atoms with van der Waals surface area (Å²) >= 11 is 1.82. The maximum Gasteiger partial charge on any atom is 0.261 e. The second kappa shape index (κ2) is 6.32. The van der Waals surface area contributed by atoms with Crippen LogP contribution in [0.25, 0.3) is 0 Å². The Morgan fingerprint density at radius 2 is 2.17 bits per heavy atom. The number of aromatic nitrogens is 1. The van der Waals surface area contributed by atoms with Gasteiger partial charge in [0.2, 0.25) is 0 Å². The average molecular weight is 328 g/mol. The third-order valence-electron chi connectivity index (χ3n) is 4.47. The molecule has 0 unspecified atom stereocenters. The van der Waals surface area contributed by atoms with Crippen LogP contribution in [0.2, 0.25) is 0 Å². The van der Waals surface area contributed by atoms with Gasteiger partial charge in [-0.05, 0) is 37.3 Å². The molecule has 23 heavy (non-hydrogen) atoms. The van der Waals surface area contributed by atoms with Crippen molar-refractivity contribution in [1.82, 2.24) is 10.3 Å². The lowest BCUT2D eigenvalue weighted by atomic mass is 10.0. The molecule has 0 fully saturated rings. The third-order valence-corrected chi connectivity index (χ3v) is 5.68. The molecule has 4 nitrogen and oxygen atoms in total. The van der Waals surface area contributed by atoms with E-state index in [1.54, 1.807) is 0 Å². The van der Waals surface area contributed by atoms with Crippen LogP contribution in [0.4, 0.5) is 0 Å². The molecule has 1 atom stereocenters. The van der Waals surface area contributed by atoms with E-state index < -0.39 is 6.10 Å². The van der Waals surface area contributed by atoms with E-state index in [0.717, 1.165) is 29.2 Å². The summed E-state index contributed by atoms with van der Waals surface area (Å²) in [4.78, 5) is 18.4. The van der Waals surface area contributed by atoms with Crippen LogP contribution in [0.1, 0.15) is 34.0 Å². The summed E-state index contributed by atoms with van der Waals surface area (Å²) in [6, 6.07) is 7.85. The molecule has 1 aliphatic heterocycles. The first-order valence-corrected chi connectivity index (χ1v) is 9.11. The highest BCUT2D eigenvalue weighted by molar-refractivity contribution is 7.11. The molecule has 0 saturated heterocycles. The van der Waals surface area contributed by atoms with Crippen molar-refractivity contribution in [2.75, 3.05) is 6.54 Å². The fourth-order valence-electron chi connectivity index (χ4n) is 3.25. The lowest BCUT2D eigenvalue weighted by molar-refractivity contribution is -0.127. The van der Waals surface area contributed by atoms with E-state index in [4.69, 9.17) is 9.72 Å². The molecule has 2 aromatic rings. The number of nitrogens with zero attached hydrogens (tertiary/aromatic N) is 1. The van der Waals surface area contributed by atoms with Gasteiger partial charge in [-0.2, -0.15) is 0 Å². The highest BCUT2D eigenvalue weighted by Gasteiger charge is 2.28. The zero-order chi connectivity index (χ0) is 15.6. The number of carbonyl (C=O) groups is 1. The summed E-state index contributed by atoms with van der Waals surface area (Å²) in [6.07, 6.45) is 5.91. The summed E-state index contributed by atoms with van der Waals surface area (Å²) < 4.78 is 5.71. The van der Waals surface area contributed by atoms with Gasteiger partial charge in [0.15, 0.2) is 6.10 Å². The Morgan fingerprint density at radius 1 is 1.30 bits per heavy atom. The van der Waals surface area contributed by atoms with Crippen LogP contribution < -0.4 is 10.1 Å². The van der Waals surface area contributed by atoms with Crippen LogP contribution in [0.15, 0.2) is 24.3 Å². The Kier molecular flexibility index (Phi) is 4.04. The Bertz CT molecular complexity index is 677. The van der Waals surface area contributed by atoms with Crippen LogP contribution in [0.3, 0.4) is 0 Å². The van der Waals surface area contributed by atoms with E-state index in [1.807, 2.05) is 35.6 Å². The van der Waals surface area contributed by atoms with E-state index in [2.05, 4.69) is 5.32 Å². The molecular formula is C18H20N2O2S. The summed E-state index contributed by atoms with van der Waals surface area (Å²) in [6.45, 7) is 0.626. The van der Waals surface area contributed by atoms with Gasteiger partial charge in [-0.3, -0.25) is 4.79 Å². The van der Waals surface area contributed by atoms with Gasteiger partial charge in [0, 0.05) is 24.3 Å². The first-order chi connectivity index (χ1) is 11.3. The van der Waals surface area contributed by atoms with E-state index in [-0.39, 0.29) is 5.91 Å². The molecule has 120 valence electrons. The summed E-state index contributed by atoms with van der Waals surface area (Å²) in [5.41, 5.74) is 2.40. The maximum absolute atomic E-state index is 12.2. The fourth-order valence-corrected chi connectivity index (χ4v) is 4.40. The number of hydrogen-bond donors (Lipinski definition) is 1. The van der Waals surface area contributed by atoms with Crippen molar-refractivity contribution in [3.05, 3.63) is 45.4 Å². The number of nitrogens with one attached hydrogen (secondary N) is 1. The van der Waals surface area contributed by atoms with Gasteiger partial charge in [-0.15, -0.1) is 11.3 Å². The molecule has 1 aliphatic carbocycles. The van der Waals surface area contributed by atoms with Crippen molar-refractivity contribution in [2.24, 2.45) is 0 Å². The SMILES string of the molecule is O=C(NCCc1nc2c(s1)CCCC2)[C@H]1Cc2ccccc2O1. The smallest absolute Gasteiger partial charge is 0.261 e. The second-order valence-corrected chi connectivity index (χ2v) is 7.31. The molecule has 4 rings (SSSR count). The van der Waals surface area contributed by atoms with Crippen molar-refractivity contribution in [2.45, 2.75) is 44.6 Å². The van der Waals surface area contributed by atoms with Gasteiger partial charge in [0.05, 0.1) is 10.7 Å². The van der Waals surface area contributed by atoms with Crippen molar-refractivity contribution in [3.8, 4) is 5.75 Å². The van der Waals surface area contributed by atoms with E-state index in [1.165, 1.54) is 29.8 Å². The number of hydrogen-bond acceptors (Lipinski definition) is 4.